The van der Waals surface area contributed by atoms with Gasteiger partial charge in [-0.2, -0.15) is 4.80 Å². The first-order valence-corrected chi connectivity index (χ1v) is 16.6. The first kappa shape index (κ1) is 32.5. The fourth-order valence-corrected chi connectivity index (χ4v) is 6.34. The van der Waals surface area contributed by atoms with Crippen molar-refractivity contribution in [2.24, 2.45) is 5.92 Å². The molecule has 1 aliphatic carbocycles. The quantitative estimate of drug-likeness (QED) is 0.325. The van der Waals surface area contributed by atoms with Gasteiger partial charge in [0.15, 0.2) is 0 Å². The standard InChI is InChI=1S/C31H41N7O6S/c1-30(2,3)44-29(43)32-23-11-9-7-5-6-8-10-20-17-31(20,28(41)42)33-26(39)24-16-21(18-37(24)27(23)40)38-35-25(34-36-38)19-12-14-22(45-4)15-13-19/h8,10,12-15,20-21,23-24H,5-7,9,11,16-18H2,1-4H3,(H,32,43)(H,33,39)(H,41,42)/b10-8-/t20?,21-,23?,24?,31?/m1/s1. The molecule has 242 valence electrons. The van der Waals surface area contributed by atoms with E-state index in [1.165, 1.54) is 9.70 Å². The molecule has 2 aliphatic heterocycles. The summed E-state index contributed by atoms with van der Waals surface area (Å²) in [6.07, 6.45) is 8.96. The number of benzene rings is 1. The third kappa shape index (κ3) is 7.48. The molecule has 3 heterocycles. The molecule has 1 aromatic heterocycles. The number of hydrogen-bond donors (Lipinski definition) is 3. The number of carbonyl (C=O) groups is 4. The lowest BCUT2D eigenvalue weighted by Crippen LogP contribution is -2.56. The van der Waals surface area contributed by atoms with E-state index in [1.54, 1.807) is 32.5 Å². The maximum absolute atomic E-state index is 14.2. The Kier molecular flexibility index (Phi) is 9.52. The number of allylic oxidation sites excluding steroid dienone is 1. The van der Waals surface area contributed by atoms with Crippen LogP contribution in [0.15, 0.2) is 41.3 Å². The number of fused-ring (bicyclic) bond motifs is 2. The number of carboxylic acid groups (broad SMARTS) is 1. The van der Waals surface area contributed by atoms with Crippen LogP contribution in [0.1, 0.15) is 71.8 Å². The van der Waals surface area contributed by atoms with Crippen LogP contribution < -0.4 is 10.6 Å². The number of aliphatic carboxylic acids is 1. The van der Waals surface area contributed by atoms with Gasteiger partial charge in [-0.1, -0.05) is 25.0 Å². The predicted octanol–water partition coefficient (Wildman–Crippen LogP) is 3.58. The lowest BCUT2D eigenvalue weighted by atomic mass is 10.0. The molecule has 3 aliphatic rings. The second-order valence-corrected chi connectivity index (χ2v) is 13.8. The molecule has 1 aromatic carbocycles. The van der Waals surface area contributed by atoms with Crippen LogP contribution in [0, 0.1) is 5.92 Å². The lowest BCUT2D eigenvalue weighted by Gasteiger charge is -2.30. The minimum Gasteiger partial charge on any atom is -0.479 e. The van der Waals surface area contributed by atoms with E-state index in [4.69, 9.17) is 4.74 Å². The van der Waals surface area contributed by atoms with Gasteiger partial charge < -0.3 is 25.4 Å². The Morgan fingerprint density at radius 2 is 1.91 bits per heavy atom. The number of nitrogens with one attached hydrogen (secondary N) is 2. The van der Waals surface area contributed by atoms with Crippen LogP contribution in [0.5, 0.6) is 0 Å². The van der Waals surface area contributed by atoms with Crippen molar-refractivity contribution in [3.05, 3.63) is 36.4 Å². The van der Waals surface area contributed by atoms with Crippen molar-refractivity contribution in [2.75, 3.05) is 12.8 Å². The van der Waals surface area contributed by atoms with E-state index in [0.717, 1.165) is 29.7 Å². The highest BCUT2D eigenvalue weighted by Gasteiger charge is 2.61. The number of carbonyl (C=O) groups excluding carboxylic acids is 3. The molecule has 5 rings (SSSR count). The Labute approximate surface area is 266 Å². The van der Waals surface area contributed by atoms with Crippen molar-refractivity contribution >= 4 is 35.6 Å². The molecule has 1 saturated carbocycles. The maximum Gasteiger partial charge on any atom is 0.408 e. The molecular weight excluding hydrogens is 598 g/mol. The van der Waals surface area contributed by atoms with Gasteiger partial charge >= 0.3 is 12.1 Å². The zero-order valence-electron chi connectivity index (χ0n) is 26.1. The van der Waals surface area contributed by atoms with Crippen molar-refractivity contribution < 1.29 is 29.0 Å². The SMILES string of the molecule is CSc1ccc(-c2nnn([C@@H]3CC4C(=O)NC5(C(=O)O)CC5/C=C\CCCCCC(NC(=O)OC(C)(C)C)C(=O)N4C3)n2)cc1. The van der Waals surface area contributed by atoms with E-state index in [9.17, 15) is 24.3 Å². The number of nitrogens with zero attached hydrogens (tertiary/aromatic N) is 5. The summed E-state index contributed by atoms with van der Waals surface area (Å²) >= 11 is 1.62. The molecule has 5 atom stereocenters. The molecular formula is C31H41N7O6S. The Balaban J connectivity index is 1.43. The third-order valence-electron chi connectivity index (χ3n) is 8.43. The lowest BCUT2D eigenvalue weighted by molar-refractivity contribution is -0.145. The van der Waals surface area contributed by atoms with Crippen LogP contribution in [-0.2, 0) is 19.1 Å². The van der Waals surface area contributed by atoms with Crippen LogP contribution in [0.3, 0.4) is 0 Å². The van der Waals surface area contributed by atoms with Crippen molar-refractivity contribution in [3.63, 3.8) is 0 Å². The van der Waals surface area contributed by atoms with E-state index in [1.807, 2.05) is 42.7 Å². The highest BCUT2D eigenvalue weighted by atomic mass is 32.2. The van der Waals surface area contributed by atoms with Gasteiger partial charge in [0.1, 0.15) is 23.2 Å². The van der Waals surface area contributed by atoms with Crippen molar-refractivity contribution in [1.29, 1.82) is 0 Å². The van der Waals surface area contributed by atoms with Crippen LogP contribution in [0.25, 0.3) is 11.4 Å². The number of tetrazole rings is 1. The molecule has 1 saturated heterocycles. The fourth-order valence-electron chi connectivity index (χ4n) is 5.93. The maximum atomic E-state index is 14.2. The highest BCUT2D eigenvalue weighted by molar-refractivity contribution is 7.98. The van der Waals surface area contributed by atoms with E-state index in [-0.39, 0.29) is 25.3 Å². The molecule has 0 radical (unpaired) electrons. The summed E-state index contributed by atoms with van der Waals surface area (Å²) in [4.78, 5) is 57.0. The molecule has 2 aromatic rings. The first-order valence-electron chi connectivity index (χ1n) is 15.4. The Morgan fingerprint density at radius 1 is 1.16 bits per heavy atom. The van der Waals surface area contributed by atoms with Gasteiger partial charge in [-0.05, 0) is 82.2 Å². The van der Waals surface area contributed by atoms with Gasteiger partial charge in [0, 0.05) is 29.3 Å². The van der Waals surface area contributed by atoms with E-state index < -0.39 is 53.1 Å². The summed E-state index contributed by atoms with van der Waals surface area (Å²) in [5.41, 5.74) is -1.41. The van der Waals surface area contributed by atoms with Gasteiger partial charge in [-0.25, -0.2) is 9.59 Å². The van der Waals surface area contributed by atoms with Gasteiger partial charge in [-0.3, -0.25) is 9.59 Å². The largest absolute Gasteiger partial charge is 0.479 e. The topological polar surface area (TPSA) is 169 Å². The minimum absolute atomic E-state index is 0.0774. The third-order valence-corrected chi connectivity index (χ3v) is 9.18. The molecule has 45 heavy (non-hydrogen) atoms. The van der Waals surface area contributed by atoms with Crippen LogP contribution in [0.2, 0.25) is 0 Å². The summed E-state index contributed by atoms with van der Waals surface area (Å²) in [5, 5.41) is 28.6. The smallest absolute Gasteiger partial charge is 0.408 e. The van der Waals surface area contributed by atoms with Crippen LogP contribution in [-0.4, -0.2) is 90.1 Å². The zero-order valence-corrected chi connectivity index (χ0v) is 26.9. The van der Waals surface area contributed by atoms with Crippen molar-refractivity contribution in [1.82, 2.24) is 35.7 Å². The molecule has 13 nitrogen and oxygen atoms in total. The molecule has 14 heteroatoms. The predicted molar refractivity (Wildman–Crippen MR) is 166 cm³/mol. The molecule has 4 unspecified atom stereocenters. The number of hydrogen-bond acceptors (Lipinski definition) is 9. The first-order chi connectivity index (χ1) is 21.4. The average Bonchev–Trinajstić information content (AvgIpc) is 3.31. The number of thioether (sulfide) groups is 1. The summed E-state index contributed by atoms with van der Waals surface area (Å²) < 4.78 is 5.45. The Hall–Kier alpha value is -3.94. The molecule has 2 fully saturated rings. The van der Waals surface area contributed by atoms with Gasteiger partial charge in [-0.15, -0.1) is 22.0 Å². The van der Waals surface area contributed by atoms with Crippen molar-refractivity contribution in [3.8, 4) is 11.4 Å². The molecule has 0 spiro atoms. The van der Waals surface area contributed by atoms with Gasteiger partial charge in [0.25, 0.3) is 0 Å². The van der Waals surface area contributed by atoms with Gasteiger partial charge in [0.2, 0.25) is 17.6 Å². The number of rotatable bonds is 5. The van der Waals surface area contributed by atoms with E-state index in [0.29, 0.717) is 18.7 Å². The number of alkyl carbamates (subject to hydrolysis) is 1. The summed E-state index contributed by atoms with van der Waals surface area (Å²) in [6, 6.07) is 5.29. The number of ether oxygens (including phenoxy) is 1. The van der Waals surface area contributed by atoms with Crippen molar-refractivity contribution in [2.45, 2.75) is 99.9 Å². The second kappa shape index (κ2) is 13.2. The van der Waals surface area contributed by atoms with E-state index in [2.05, 4.69) is 26.0 Å². The molecule has 0 bridgehead atoms. The second-order valence-electron chi connectivity index (χ2n) is 12.9. The average molecular weight is 640 g/mol. The summed E-state index contributed by atoms with van der Waals surface area (Å²) in [6.45, 7) is 5.30. The molecule has 3 amide bonds. The Morgan fingerprint density at radius 3 is 2.60 bits per heavy atom. The number of aromatic nitrogens is 4. The zero-order chi connectivity index (χ0) is 32.4. The van der Waals surface area contributed by atoms with Gasteiger partial charge in [0.05, 0.1) is 6.04 Å². The van der Waals surface area contributed by atoms with E-state index >= 15 is 0 Å². The van der Waals surface area contributed by atoms with Crippen LogP contribution >= 0.6 is 11.8 Å². The highest BCUT2D eigenvalue weighted by Crippen LogP contribution is 2.45. The monoisotopic (exact) mass is 639 g/mol. The number of carboxylic acids is 1. The number of amides is 3. The normalized spacial score (nSPS) is 28.1. The summed E-state index contributed by atoms with van der Waals surface area (Å²) in [7, 11) is 0. The fraction of sp³-hybridized carbons (Fsp3) is 0.581. The Bertz CT molecular complexity index is 1450. The minimum atomic E-state index is -1.42. The molecule has 3 N–H and O–H groups in total. The summed E-state index contributed by atoms with van der Waals surface area (Å²) in [5.74, 6) is -2.04. The van der Waals surface area contributed by atoms with Crippen LogP contribution in [0.4, 0.5) is 4.79 Å².